The fourth-order valence-corrected chi connectivity index (χ4v) is 5.33. The molecule has 8 heteroatoms. The number of nitrogens with zero attached hydrogens (tertiary/aromatic N) is 3. The van der Waals surface area contributed by atoms with Crippen LogP contribution in [0.4, 0.5) is 5.13 Å². The lowest BCUT2D eigenvalue weighted by atomic mass is 10.1. The number of fused-ring (bicyclic) bond motifs is 2. The summed E-state index contributed by atoms with van der Waals surface area (Å²) in [4.78, 5) is 22.8. The third-order valence-electron chi connectivity index (χ3n) is 6.10. The quantitative estimate of drug-likeness (QED) is 0.523. The molecule has 0 N–H and O–H groups in total. The highest BCUT2D eigenvalue weighted by Crippen LogP contribution is 2.34. The molecule has 2 aromatic carbocycles. The van der Waals surface area contributed by atoms with Crippen LogP contribution < -0.4 is 14.4 Å². The lowest BCUT2D eigenvalue weighted by Gasteiger charge is -2.28. The number of thiazole rings is 1. The van der Waals surface area contributed by atoms with Gasteiger partial charge in [-0.2, -0.15) is 0 Å². The molecule has 174 valence electrons. The largest absolute Gasteiger partial charge is 0.486 e. The molecule has 5 rings (SSSR count). The SMILES string of the molecule is CCc1cccc2sc(N(CCCN3CCOCC3)C(=O)c3ccc4c(c3)OCCO4)nc12. The van der Waals surface area contributed by atoms with Crippen molar-refractivity contribution in [2.24, 2.45) is 0 Å². The Morgan fingerprint density at radius 1 is 1.09 bits per heavy atom. The summed E-state index contributed by atoms with van der Waals surface area (Å²) in [7, 11) is 0. The Hall–Kier alpha value is -2.68. The minimum atomic E-state index is -0.0638. The average molecular weight is 468 g/mol. The van der Waals surface area contributed by atoms with Crippen LogP contribution in [0.2, 0.25) is 0 Å². The zero-order valence-corrected chi connectivity index (χ0v) is 19.7. The summed E-state index contributed by atoms with van der Waals surface area (Å²) in [6.07, 6.45) is 1.78. The molecule has 0 bridgehead atoms. The van der Waals surface area contributed by atoms with Gasteiger partial charge in [-0.15, -0.1) is 0 Å². The van der Waals surface area contributed by atoms with Crippen molar-refractivity contribution in [1.29, 1.82) is 0 Å². The van der Waals surface area contributed by atoms with Crippen LogP contribution in [-0.4, -0.2) is 68.4 Å². The number of aryl methyl sites for hydroxylation is 1. The second kappa shape index (κ2) is 10.1. The minimum absolute atomic E-state index is 0.0638. The zero-order valence-electron chi connectivity index (χ0n) is 18.9. The molecule has 0 unspecified atom stereocenters. The van der Waals surface area contributed by atoms with Gasteiger partial charge in [-0.05, 0) is 42.7 Å². The third kappa shape index (κ3) is 4.83. The van der Waals surface area contributed by atoms with Crippen LogP contribution in [0.15, 0.2) is 36.4 Å². The van der Waals surface area contributed by atoms with E-state index in [1.165, 1.54) is 5.56 Å². The van der Waals surface area contributed by atoms with E-state index in [9.17, 15) is 4.79 Å². The number of para-hydroxylation sites is 1. The van der Waals surface area contributed by atoms with E-state index in [0.29, 0.717) is 36.8 Å². The van der Waals surface area contributed by atoms with E-state index in [4.69, 9.17) is 19.2 Å². The summed E-state index contributed by atoms with van der Waals surface area (Å²) >= 11 is 1.58. The number of anilines is 1. The van der Waals surface area contributed by atoms with Gasteiger partial charge >= 0.3 is 0 Å². The first-order valence-electron chi connectivity index (χ1n) is 11.6. The number of hydrogen-bond acceptors (Lipinski definition) is 7. The van der Waals surface area contributed by atoms with Gasteiger partial charge in [0.15, 0.2) is 16.6 Å². The molecule has 2 aliphatic heterocycles. The van der Waals surface area contributed by atoms with Crippen molar-refractivity contribution in [1.82, 2.24) is 9.88 Å². The van der Waals surface area contributed by atoms with E-state index in [1.54, 1.807) is 17.4 Å². The third-order valence-corrected chi connectivity index (χ3v) is 7.14. The van der Waals surface area contributed by atoms with Crippen LogP contribution in [0.1, 0.15) is 29.3 Å². The number of carbonyl (C=O) groups is 1. The highest BCUT2D eigenvalue weighted by Gasteiger charge is 2.24. The molecular formula is C25H29N3O4S. The van der Waals surface area contributed by atoms with Crippen molar-refractivity contribution in [3.05, 3.63) is 47.5 Å². The van der Waals surface area contributed by atoms with Gasteiger partial charge in [0, 0.05) is 31.7 Å². The first kappa shape index (κ1) is 22.1. The molecular weight excluding hydrogens is 438 g/mol. The van der Waals surface area contributed by atoms with Gasteiger partial charge < -0.3 is 14.2 Å². The van der Waals surface area contributed by atoms with Crippen molar-refractivity contribution in [3.8, 4) is 11.5 Å². The number of rotatable bonds is 7. The first-order valence-corrected chi connectivity index (χ1v) is 12.4. The van der Waals surface area contributed by atoms with Crippen LogP contribution in [0, 0.1) is 0 Å². The molecule has 3 heterocycles. The monoisotopic (exact) mass is 467 g/mol. The number of hydrogen-bond donors (Lipinski definition) is 0. The number of carbonyl (C=O) groups excluding carboxylic acids is 1. The molecule has 7 nitrogen and oxygen atoms in total. The van der Waals surface area contributed by atoms with Gasteiger partial charge in [0.2, 0.25) is 0 Å². The highest BCUT2D eigenvalue weighted by molar-refractivity contribution is 7.22. The average Bonchev–Trinajstić information content (AvgIpc) is 3.30. The molecule has 1 amide bonds. The molecule has 1 aromatic heterocycles. The maximum absolute atomic E-state index is 13.7. The van der Waals surface area contributed by atoms with Gasteiger partial charge in [0.25, 0.3) is 5.91 Å². The molecule has 3 aromatic rings. The van der Waals surface area contributed by atoms with Gasteiger partial charge in [-0.3, -0.25) is 14.6 Å². The Bertz CT molecular complexity index is 1130. The fourth-order valence-electron chi connectivity index (χ4n) is 4.29. The number of morpholine rings is 1. The van der Waals surface area contributed by atoms with Crippen LogP contribution in [-0.2, 0) is 11.2 Å². The lowest BCUT2D eigenvalue weighted by molar-refractivity contribution is 0.0376. The van der Waals surface area contributed by atoms with E-state index in [1.807, 2.05) is 17.0 Å². The Balaban J connectivity index is 1.42. The van der Waals surface area contributed by atoms with Crippen LogP contribution in [0.5, 0.6) is 11.5 Å². The summed E-state index contributed by atoms with van der Waals surface area (Å²) in [5, 5.41) is 0.743. The molecule has 0 atom stereocenters. The zero-order chi connectivity index (χ0) is 22.6. The molecule has 0 spiro atoms. The molecule has 1 saturated heterocycles. The van der Waals surface area contributed by atoms with Crippen LogP contribution >= 0.6 is 11.3 Å². The molecule has 0 radical (unpaired) electrons. The maximum Gasteiger partial charge on any atom is 0.260 e. The summed E-state index contributed by atoms with van der Waals surface area (Å²) in [6, 6.07) is 11.7. The smallest absolute Gasteiger partial charge is 0.260 e. The van der Waals surface area contributed by atoms with Crippen LogP contribution in [0.3, 0.4) is 0 Å². The van der Waals surface area contributed by atoms with E-state index in [0.717, 1.165) is 61.0 Å². The van der Waals surface area contributed by atoms with Crippen molar-refractivity contribution in [2.45, 2.75) is 19.8 Å². The summed E-state index contributed by atoms with van der Waals surface area (Å²) in [5.41, 5.74) is 2.78. The molecule has 1 fully saturated rings. The number of amides is 1. The Morgan fingerprint density at radius 2 is 1.91 bits per heavy atom. The molecule has 0 aliphatic carbocycles. The van der Waals surface area contributed by atoms with Crippen molar-refractivity contribution >= 4 is 32.6 Å². The topological polar surface area (TPSA) is 64.1 Å². The van der Waals surface area contributed by atoms with Gasteiger partial charge in [-0.25, -0.2) is 4.98 Å². The molecule has 2 aliphatic rings. The number of aromatic nitrogens is 1. The highest BCUT2D eigenvalue weighted by atomic mass is 32.1. The van der Waals surface area contributed by atoms with Gasteiger partial charge in [0.05, 0.1) is 23.4 Å². The van der Waals surface area contributed by atoms with Crippen LogP contribution in [0.25, 0.3) is 10.2 Å². The second-order valence-corrected chi connectivity index (χ2v) is 9.25. The summed E-state index contributed by atoms with van der Waals surface area (Å²) < 4.78 is 17.9. The standard InChI is InChI=1S/C25H29N3O4S/c1-2-18-5-3-6-22-23(18)26-25(33-22)28(10-4-9-27-11-13-30-14-12-27)24(29)19-7-8-20-21(17-19)32-16-15-31-20/h3,5-8,17H,2,4,9-16H2,1H3. The van der Waals surface area contributed by atoms with Crippen molar-refractivity contribution in [3.63, 3.8) is 0 Å². The number of benzene rings is 2. The Labute approximate surface area is 197 Å². The Kier molecular flexibility index (Phi) is 6.75. The number of ether oxygens (including phenoxy) is 3. The minimum Gasteiger partial charge on any atom is -0.486 e. The van der Waals surface area contributed by atoms with Crippen molar-refractivity contribution in [2.75, 3.05) is 57.5 Å². The predicted molar refractivity (Wildman–Crippen MR) is 130 cm³/mol. The van der Waals surface area contributed by atoms with Crippen molar-refractivity contribution < 1.29 is 19.0 Å². The lowest BCUT2D eigenvalue weighted by Crippen LogP contribution is -2.39. The normalized spacial score (nSPS) is 16.2. The summed E-state index contributed by atoms with van der Waals surface area (Å²) in [5.74, 6) is 1.24. The van der Waals surface area contributed by atoms with E-state index < -0.39 is 0 Å². The molecule has 33 heavy (non-hydrogen) atoms. The van der Waals surface area contributed by atoms with E-state index in [-0.39, 0.29) is 5.91 Å². The molecule has 0 saturated carbocycles. The maximum atomic E-state index is 13.7. The second-order valence-electron chi connectivity index (χ2n) is 8.24. The summed E-state index contributed by atoms with van der Waals surface area (Å²) in [6.45, 7) is 8.12. The fraction of sp³-hybridized carbons (Fsp3) is 0.440. The Morgan fingerprint density at radius 3 is 2.73 bits per heavy atom. The van der Waals surface area contributed by atoms with E-state index in [2.05, 4.69) is 30.0 Å². The predicted octanol–water partition coefficient (Wildman–Crippen LogP) is 4.00. The van der Waals surface area contributed by atoms with Gasteiger partial charge in [0.1, 0.15) is 13.2 Å². The van der Waals surface area contributed by atoms with Gasteiger partial charge in [-0.1, -0.05) is 30.4 Å². The first-order chi connectivity index (χ1) is 16.2. The van der Waals surface area contributed by atoms with E-state index >= 15 is 0 Å².